The summed E-state index contributed by atoms with van der Waals surface area (Å²) in [5.41, 5.74) is 0.798. The highest BCUT2D eigenvalue weighted by Crippen LogP contribution is 2.31. The first kappa shape index (κ1) is 17.8. The van der Waals surface area contributed by atoms with Crippen molar-refractivity contribution in [2.75, 3.05) is 31.4 Å². The van der Waals surface area contributed by atoms with E-state index in [0.29, 0.717) is 11.6 Å². The van der Waals surface area contributed by atoms with Crippen LogP contribution in [0, 0.1) is 6.92 Å². The highest BCUT2D eigenvalue weighted by molar-refractivity contribution is 5.67. The number of rotatable bonds is 9. The number of nitrogens with zero attached hydrogens (tertiary/aromatic N) is 2. The second-order valence-corrected chi connectivity index (χ2v) is 5.51. The number of unbranched alkanes of at least 4 members (excludes halogenated alkanes) is 2. The van der Waals surface area contributed by atoms with Gasteiger partial charge < -0.3 is 20.1 Å². The van der Waals surface area contributed by atoms with E-state index in [1.54, 1.807) is 14.2 Å². The minimum Gasteiger partial charge on any atom is -0.497 e. The fraction of sp³-hybridized carbons (Fsp3) is 0.444. The predicted octanol–water partition coefficient (Wildman–Crippen LogP) is 4.15. The highest BCUT2D eigenvalue weighted by Gasteiger charge is 2.08. The van der Waals surface area contributed by atoms with Gasteiger partial charge in [-0.1, -0.05) is 19.8 Å². The minimum atomic E-state index is 0.708. The van der Waals surface area contributed by atoms with E-state index in [-0.39, 0.29) is 0 Å². The van der Waals surface area contributed by atoms with E-state index in [2.05, 4.69) is 27.5 Å². The van der Waals surface area contributed by atoms with Gasteiger partial charge in [0.15, 0.2) is 0 Å². The first-order valence-electron chi connectivity index (χ1n) is 8.25. The van der Waals surface area contributed by atoms with Gasteiger partial charge in [-0.05, 0) is 25.5 Å². The third-order valence-corrected chi connectivity index (χ3v) is 3.59. The molecule has 0 aliphatic rings. The van der Waals surface area contributed by atoms with Crippen molar-refractivity contribution >= 4 is 17.3 Å². The molecule has 0 bridgehead atoms. The first-order valence-corrected chi connectivity index (χ1v) is 8.25. The fourth-order valence-corrected chi connectivity index (χ4v) is 2.36. The molecule has 2 aromatic rings. The van der Waals surface area contributed by atoms with Crippen LogP contribution in [0.1, 0.15) is 32.0 Å². The molecule has 0 aliphatic heterocycles. The van der Waals surface area contributed by atoms with Crippen LogP contribution in [-0.2, 0) is 0 Å². The Kier molecular flexibility index (Phi) is 6.66. The third-order valence-electron chi connectivity index (χ3n) is 3.59. The Morgan fingerprint density at radius 1 is 1.00 bits per heavy atom. The standard InChI is InChI=1S/C18H26N4O2/c1-5-6-7-10-19-17-12-18(21-13(2)20-17)22-15-11-14(23-3)8-9-16(15)24-4/h8-9,11-12H,5-7,10H2,1-4H3,(H2,19,20,21,22). The molecule has 1 aromatic heterocycles. The second kappa shape index (κ2) is 8.96. The molecule has 2 N–H and O–H groups in total. The summed E-state index contributed by atoms with van der Waals surface area (Å²) in [6.07, 6.45) is 3.54. The maximum absolute atomic E-state index is 5.39. The van der Waals surface area contributed by atoms with Gasteiger partial charge in [0.25, 0.3) is 0 Å². The topological polar surface area (TPSA) is 68.3 Å². The van der Waals surface area contributed by atoms with E-state index in [9.17, 15) is 0 Å². The van der Waals surface area contributed by atoms with E-state index in [4.69, 9.17) is 9.47 Å². The molecule has 1 heterocycles. The van der Waals surface area contributed by atoms with Crippen LogP contribution >= 0.6 is 0 Å². The Morgan fingerprint density at radius 2 is 1.79 bits per heavy atom. The molecule has 0 amide bonds. The van der Waals surface area contributed by atoms with Gasteiger partial charge in [-0.2, -0.15) is 0 Å². The largest absolute Gasteiger partial charge is 0.497 e. The molecule has 0 unspecified atom stereocenters. The molecule has 0 fully saturated rings. The quantitative estimate of drug-likeness (QED) is 0.673. The normalized spacial score (nSPS) is 10.3. The lowest BCUT2D eigenvalue weighted by atomic mass is 10.2. The first-order chi connectivity index (χ1) is 11.7. The van der Waals surface area contributed by atoms with Crippen molar-refractivity contribution in [1.29, 1.82) is 0 Å². The van der Waals surface area contributed by atoms with Crippen LogP contribution in [0.25, 0.3) is 0 Å². The van der Waals surface area contributed by atoms with Crippen molar-refractivity contribution in [3.05, 3.63) is 30.1 Å². The Labute approximate surface area is 143 Å². The summed E-state index contributed by atoms with van der Waals surface area (Å²) >= 11 is 0. The monoisotopic (exact) mass is 330 g/mol. The summed E-state index contributed by atoms with van der Waals surface area (Å²) in [6, 6.07) is 7.50. The number of methoxy groups -OCH3 is 2. The van der Waals surface area contributed by atoms with Crippen LogP contribution in [-0.4, -0.2) is 30.7 Å². The Morgan fingerprint density at radius 3 is 2.50 bits per heavy atom. The fourth-order valence-electron chi connectivity index (χ4n) is 2.36. The van der Waals surface area contributed by atoms with E-state index in [1.807, 2.05) is 31.2 Å². The molecule has 0 radical (unpaired) electrons. The number of hydrogen-bond acceptors (Lipinski definition) is 6. The number of anilines is 3. The molecule has 0 spiro atoms. The maximum atomic E-state index is 5.39. The van der Waals surface area contributed by atoms with Gasteiger partial charge in [-0.15, -0.1) is 0 Å². The van der Waals surface area contributed by atoms with Crippen molar-refractivity contribution in [3.63, 3.8) is 0 Å². The van der Waals surface area contributed by atoms with Gasteiger partial charge in [-0.3, -0.25) is 0 Å². The van der Waals surface area contributed by atoms with Gasteiger partial charge >= 0.3 is 0 Å². The lowest BCUT2D eigenvalue weighted by molar-refractivity contribution is 0.405. The summed E-state index contributed by atoms with van der Waals surface area (Å²) in [6.45, 7) is 4.98. The van der Waals surface area contributed by atoms with Crippen molar-refractivity contribution in [1.82, 2.24) is 9.97 Å². The number of hydrogen-bond donors (Lipinski definition) is 2. The summed E-state index contributed by atoms with van der Waals surface area (Å²) in [4.78, 5) is 8.88. The SMILES string of the molecule is CCCCCNc1cc(Nc2cc(OC)ccc2OC)nc(C)n1. The predicted molar refractivity (Wildman–Crippen MR) is 97.6 cm³/mol. The summed E-state index contributed by atoms with van der Waals surface area (Å²) in [7, 11) is 3.28. The smallest absolute Gasteiger partial charge is 0.142 e. The number of nitrogens with one attached hydrogen (secondary N) is 2. The number of benzene rings is 1. The van der Waals surface area contributed by atoms with E-state index in [1.165, 1.54) is 12.8 Å². The summed E-state index contributed by atoms with van der Waals surface area (Å²) in [5, 5.41) is 6.64. The van der Waals surface area contributed by atoms with Crippen LogP contribution in [0.3, 0.4) is 0 Å². The molecular weight excluding hydrogens is 304 g/mol. The van der Waals surface area contributed by atoms with Gasteiger partial charge in [0.2, 0.25) is 0 Å². The summed E-state index contributed by atoms with van der Waals surface area (Å²) in [5.74, 6) is 3.72. The zero-order valence-electron chi connectivity index (χ0n) is 14.8. The molecule has 0 saturated heterocycles. The van der Waals surface area contributed by atoms with Gasteiger partial charge in [0.1, 0.15) is 29.0 Å². The molecule has 0 aliphatic carbocycles. The van der Waals surface area contributed by atoms with Gasteiger partial charge in [0.05, 0.1) is 19.9 Å². The van der Waals surface area contributed by atoms with Crippen LogP contribution in [0.4, 0.5) is 17.3 Å². The van der Waals surface area contributed by atoms with Crippen LogP contribution in [0.5, 0.6) is 11.5 Å². The van der Waals surface area contributed by atoms with E-state index >= 15 is 0 Å². The molecule has 0 saturated carbocycles. The molecule has 6 heteroatoms. The Bertz CT molecular complexity index is 661. The average Bonchev–Trinajstić information content (AvgIpc) is 2.58. The molecule has 1 aromatic carbocycles. The molecule has 24 heavy (non-hydrogen) atoms. The maximum Gasteiger partial charge on any atom is 0.142 e. The Balaban J connectivity index is 2.15. The third kappa shape index (κ3) is 5.01. The van der Waals surface area contributed by atoms with Crippen LogP contribution < -0.4 is 20.1 Å². The summed E-state index contributed by atoms with van der Waals surface area (Å²) < 4.78 is 10.7. The number of aryl methyl sites for hydroxylation is 1. The Hall–Kier alpha value is -2.50. The van der Waals surface area contributed by atoms with Crippen LogP contribution in [0.15, 0.2) is 24.3 Å². The minimum absolute atomic E-state index is 0.708. The molecular formula is C18H26N4O2. The van der Waals surface area contributed by atoms with E-state index < -0.39 is 0 Å². The molecule has 6 nitrogen and oxygen atoms in total. The molecule has 0 atom stereocenters. The van der Waals surface area contributed by atoms with Crippen molar-refractivity contribution in [2.24, 2.45) is 0 Å². The average molecular weight is 330 g/mol. The van der Waals surface area contributed by atoms with Crippen molar-refractivity contribution < 1.29 is 9.47 Å². The molecule has 2 rings (SSSR count). The lowest BCUT2D eigenvalue weighted by Crippen LogP contribution is -2.06. The zero-order chi connectivity index (χ0) is 17.4. The molecule has 130 valence electrons. The number of ether oxygens (including phenoxy) is 2. The van der Waals surface area contributed by atoms with Gasteiger partial charge in [0, 0.05) is 18.7 Å². The zero-order valence-corrected chi connectivity index (χ0v) is 14.8. The van der Waals surface area contributed by atoms with Crippen molar-refractivity contribution in [2.45, 2.75) is 33.1 Å². The van der Waals surface area contributed by atoms with Gasteiger partial charge in [-0.25, -0.2) is 9.97 Å². The second-order valence-electron chi connectivity index (χ2n) is 5.51. The number of aromatic nitrogens is 2. The van der Waals surface area contributed by atoms with Crippen molar-refractivity contribution in [3.8, 4) is 11.5 Å². The van der Waals surface area contributed by atoms with E-state index in [0.717, 1.165) is 36.0 Å². The lowest BCUT2D eigenvalue weighted by Gasteiger charge is -2.13. The highest BCUT2D eigenvalue weighted by atomic mass is 16.5. The van der Waals surface area contributed by atoms with Crippen LogP contribution in [0.2, 0.25) is 0 Å².